The van der Waals surface area contributed by atoms with E-state index in [1.165, 1.54) is 6.20 Å². The van der Waals surface area contributed by atoms with Crippen LogP contribution < -0.4 is 5.32 Å². The van der Waals surface area contributed by atoms with Crippen molar-refractivity contribution in [1.29, 1.82) is 0 Å². The second kappa shape index (κ2) is 4.95. The molecule has 0 aliphatic carbocycles. The van der Waals surface area contributed by atoms with Gasteiger partial charge in [0, 0.05) is 36.8 Å². The van der Waals surface area contributed by atoms with Crippen LogP contribution in [-0.4, -0.2) is 9.55 Å². The molecule has 0 unspecified atom stereocenters. The van der Waals surface area contributed by atoms with Gasteiger partial charge in [0.1, 0.15) is 0 Å². The maximum Gasteiger partial charge on any atom is 0.207 e. The van der Waals surface area contributed by atoms with Crippen molar-refractivity contribution in [3.8, 4) is 0 Å². The summed E-state index contributed by atoms with van der Waals surface area (Å²) in [4.78, 5) is 3.98. The van der Waals surface area contributed by atoms with Gasteiger partial charge in [0.05, 0.1) is 0 Å². The summed E-state index contributed by atoms with van der Waals surface area (Å²) < 4.78 is 40.5. The molecule has 0 atom stereocenters. The van der Waals surface area contributed by atoms with Gasteiger partial charge in [0.2, 0.25) is 5.95 Å². The number of hydrogen-bond acceptors (Lipinski definition) is 2. The van der Waals surface area contributed by atoms with Gasteiger partial charge in [0.15, 0.2) is 17.5 Å². The number of nitrogens with one attached hydrogen (secondary N) is 1. The highest BCUT2D eigenvalue weighted by Crippen LogP contribution is 2.20. The highest BCUT2D eigenvalue weighted by atomic mass is 19.2. The van der Waals surface area contributed by atoms with E-state index in [0.717, 1.165) is 12.1 Å². The molecule has 0 radical (unpaired) electrons. The molecule has 0 aliphatic heterocycles. The lowest BCUT2D eigenvalue weighted by molar-refractivity contribution is 0.448. The van der Waals surface area contributed by atoms with E-state index in [4.69, 9.17) is 0 Å². The van der Waals surface area contributed by atoms with Crippen LogP contribution >= 0.6 is 0 Å². The van der Waals surface area contributed by atoms with Crippen molar-refractivity contribution in [3.63, 3.8) is 0 Å². The molecule has 2 aromatic rings. The van der Waals surface area contributed by atoms with Gasteiger partial charge in [-0.25, -0.2) is 18.2 Å². The molecule has 0 amide bonds. The Hall–Kier alpha value is -2.24. The molecule has 18 heavy (non-hydrogen) atoms. The summed E-state index contributed by atoms with van der Waals surface area (Å²) in [5.74, 6) is -3.60. The van der Waals surface area contributed by atoms with Gasteiger partial charge in [-0.15, -0.1) is 6.58 Å². The van der Waals surface area contributed by atoms with Crippen LogP contribution in [0.1, 0.15) is 0 Å². The Morgan fingerprint density at radius 3 is 2.56 bits per heavy atom. The summed E-state index contributed by atoms with van der Waals surface area (Å²) in [6.45, 7) is 4.07. The first kappa shape index (κ1) is 12.2. The number of aromatic nitrogens is 2. The largest absolute Gasteiger partial charge is 0.325 e. The van der Waals surface area contributed by atoms with E-state index in [2.05, 4.69) is 16.9 Å². The SMILES string of the molecule is C=CCn1ccnc1Nc1cc(F)c(F)c(F)c1. The highest BCUT2D eigenvalue weighted by molar-refractivity contribution is 5.53. The number of imidazole rings is 1. The van der Waals surface area contributed by atoms with Gasteiger partial charge in [-0.3, -0.25) is 0 Å². The predicted molar refractivity (Wildman–Crippen MR) is 62.0 cm³/mol. The first-order valence-electron chi connectivity index (χ1n) is 5.15. The van der Waals surface area contributed by atoms with Crippen molar-refractivity contribution < 1.29 is 13.2 Å². The third kappa shape index (κ3) is 2.37. The molecule has 1 N–H and O–H groups in total. The zero-order chi connectivity index (χ0) is 13.1. The van der Waals surface area contributed by atoms with E-state index in [-0.39, 0.29) is 5.69 Å². The van der Waals surface area contributed by atoms with Gasteiger partial charge >= 0.3 is 0 Å². The smallest absolute Gasteiger partial charge is 0.207 e. The van der Waals surface area contributed by atoms with Crippen LogP contribution in [0.3, 0.4) is 0 Å². The third-order valence-corrected chi connectivity index (χ3v) is 2.28. The number of rotatable bonds is 4. The van der Waals surface area contributed by atoms with Crippen LogP contribution in [0.2, 0.25) is 0 Å². The minimum absolute atomic E-state index is 0.0860. The predicted octanol–water partition coefficient (Wildman–Crippen LogP) is 3.23. The fraction of sp³-hybridized carbons (Fsp3) is 0.0833. The molecule has 0 spiro atoms. The second-order valence-corrected chi connectivity index (χ2v) is 3.57. The summed E-state index contributed by atoms with van der Waals surface area (Å²) in [5, 5.41) is 2.70. The Kier molecular flexibility index (Phi) is 3.36. The molecular weight excluding hydrogens is 243 g/mol. The average molecular weight is 253 g/mol. The highest BCUT2D eigenvalue weighted by Gasteiger charge is 2.11. The molecule has 0 saturated carbocycles. The van der Waals surface area contributed by atoms with Crippen LogP contribution in [0.15, 0.2) is 37.2 Å². The Labute approximate surface area is 102 Å². The van der Waals surface area contributed by atoms with Crippen LogP contribution in [0, 0.1) is 17.5 Å². The van der Waals surface area contributed by atoms with Crippen LogP contribution in [0.4, 0.5) is 24.8 Å². The van der Waals surface area contributed by atoms with Crippen molar-refractivity contribution in [2.24, 2.45) is 0 Å². The maximum absolute atomic E-state index is 13.0. The summed E-state index contributed by atoms with van der Waals surface area (Å²) in [7, 11) is 0. The van der Waals surface area contributed by atoms with Crippen molar-refractivity contribution in [2.45, 2.75) is 6.54 Å². The number of nitrogens with zero attached hydrogens (tertiary/aromatic N) is 2. The van der Waals surface area contributed by atoms with Crippen LogP contribution in [-0.2, 0) is 6.54 Å². The van der Waals surface area contributed by atoms with Gasteiger partial charge in [-0.1, -0.05) is 6.08 Å². The molecule has 0 aliphatic rings. The Balaban J connectivity index is 2.28. The monoisotopic (exact) mass is 253 g/mol. The fourth-order valence-corrected chi connectivity index (χ4v) is 1.48. The number of anilines is 2. The summed E-state index contributed by atoms with van der Waals surface area (Å²) in [5.41, 5.74) is 0.0860. The third-order valence-electron chi connectivity index (χ3n) is 2.28. The number of allylic oxidation sites excluding steroid dienone is 1. The van der Waals surface area contributed by atoms with Gasteiger partial charge in [0.25, 0.3) is 0 Å². The standard InChI is InChI=1S/C12H10F3N3/c1-2-4-18-5-3-16-12(18)17-8-6-9(13)11(15)10(14)7-8/h2-3,5-7H,1,4H2,(H,16,17). The average Bonchev–Trinajstić information content (AvgIpc) is 2.74. The van der Waals surface area contributed by atoms with E-state index in [0.29, 0.717) is 12.5 Å². The second-order valence-electron chi connectivity index (χ2n) is 3.57. The minimum atomic E-state index is -1.49. The lowest BCUT2D eigenvalue weighted by atomic mass is 10.3. The molecule has 2 rings (SSSR count). The van der Waals surface area contributed by atoms with E-state index < -0.39 is 17.5 Å². The number of hydrogen-bond donors (Lipinski definition) is 1. The molecule has 0 fully saturated rings. The van der Waals surface area contributed by atoms with Crippen molar-refractivity contribution in [2.75, 3.05) is 5.32 Å². The number of benzene rings is 1. The molecule has 1 aromatic heterocycles. The lowest BCUT2D eigenvalue weighted by Crippen LogP contribution is -2.03. The lowest BCUT2D eigenvalue weighted by Gasteiger charge is -2.08. The van der Waals surface area contributed by atoms with Gasteiger partial charge < -0.3 is 9.88 Å². The maximum atomic E-state index is 13.0. The minimum Gasteiger partial charge on any atom is -0.325 e. The van der Waals surface area contributed by atoms with Gasteiger partial charge in [-0.05, 0) is 0 Å². The number of halogens is 3. The Morgan fingerprint density at radius 1 is 1.28 bits per heavy atom. The van der Waals surface area contributed by atoms with Crippen molar-refractivity contribution >= 4 is 11.6 Å². The zero-order valence-corrected chi connectivity index (χ0v) is 9.33. The van der Waals surface area contributed by atoms with E-state index in [1.807, 2.05) is 0 Å². The summed E-state index contributed by atoms with van der Waals surface area (Å²) in [6, 6.07) is 1.73. The van der Waals surface area contributed by atoms with Crippen LogP contribution in [0.5, 0.6) is 0 Å². The molecule has 1 heterocycles. The molecule has 3 nitrogen and oxygen atoms in total. The van der Waals surface area contributed by atoms with E-state index >= 15 is 0 Å². The summed E-state index contributed by atoms with van der Waals surface area (Å²) in [6.07, 6.45) is 4.86. The summed E-state index contributed by atoms with van der Waals surface area (Å²) >= 11 is 0. The quantitative estimate of drug-likeness (QED) is 0.669. The van der Waals surface area contributed by atoms with E-state index in [1.54, 1.807) is 16.8 Å². The molecule has 0 bridgehead atoms. The molecule has 1 aromatic carbocycles. The van der Waals surface area contributed by atoms with Crippen molar-refractivity contribution in [1.82, 2.24) is 9.55 Å². The van der Waals surface area contributed by atoms with E-state index in [9.17, 15) is 13.2 Å². The molecule has 94 valence electrons. The zero-order valence-electron chi connectivity index (χ0n) is 9.33. The van der Waals surface area contributed by atoms with Crippen molar-refractivity contribution in [3.05, 3.63) is 54.6 Å². The Morgan fingerprint density at radius 2 is 1.94 bits per heavy atom. The molecular formula is C12H10F3N3. The molecule has 6 heteroatoms. The topological polar surface area (TPSA) is 29.9 Å². The fourth-order valence-electron chi connectivity index (χ4n) is 1.48. The normalized spacial score (nSPS) is 10.4. The van der Waals surface area contributed by atoms with Crippen LogP contribution in [0.25, 0.3) is 0 Å². The first-order valence-corrected chi connectivity index (χ1v) is 5.15. The Bertz CT molecular complexity index is 555. The molecule has 0 saturated heterocycles. The first-order chi connectivity index (χ1) is 8.61. The van der Waals surface area contributed by atoms with Gasteiger partial charge in [-0.2, -0.15) is 0 Å².